The Kier molecular flexibility index (Phi) is 10.7. The molecule has 4 heterocycles. The first-order chi connectivity index (χ1) is 21.5. The minimum absolute atomic E-state index is 0.0804. The summed E-state index contributed by atoms with van der Waals surface area (Å²) in [4.78, 5) is 39.4. The average molecular weight is 757 g/mol. The van der Waals surface area contributed by atoms with Crippen molar-refractivity contribution in [3.05, 3.63) is 12.7 Å². The molecule has 0 spiro atoms. The third-order valence-corrected chi connectivity index (χ3v) is 20.4. The van der Waals surface area contributed by atoms with Gasteiger partial charge in [-0.3, -0.25) is 9.59 Å². The number of nitrogens with zero attached hydrogens (tertiary/aromatic N) is 4. The largest absolute Gasteiger partial charge is 0.414 e. The van der Waals surface area contributed by atoms with Crippen LogP contribution in [-0.2, 0) is 37.9 Å². The summed E-state index contributed by atoms with van der Waals surface area (Å²) < 4.78 is 36.6. The number of esters is 1. The highest BCUT2D eigenvalue weighted by Crippen LogP contribution is 2.52. The minimum Gasteiger partial charge on any atom is -0.414 e. The van der Waals surface area contributed by atoms with Gasteiger partial charge in [0, 0.05) is 5.41 Å². The standard InChI is InChI=1S/C32H54BrN5O7Si2/c1-18(2)46(19(3)4)41-15-22-24(44-47(45-46,20(5)6)21(7)8)25(33)32(42-22,43-29(40)31(12,13)14)38-17-36-23-26(34-16-35-27(23)38)37-28(39)30(9,10)11/h16-22,24-25H,15H2,1-14H3,(H,34,35,37,39)/t22-,24-,25+,32+/m1/s1. The number of fused-ring (bicyclic) bond motifs is 2. The fourth-order valence-electron chi connectivity index (χ4n) is 6.20. The third kappa shape index (κ3) is 6.74. The summed E-state index contributed by atoms with van der Waals surface area (Å²) >= 11 is 3.92. The van der Waals surface area contributed by atoms with Gasteiger partial charge in [0.05, 0.1) is 18.1 Å². The van der Waals surface area contributed by atoms with E-state index < -0.39 is 56.9 Å². The highest BCUT2D eigenvalue weighted by molar-refractivity contribution is 9.09. The number of ether oxygens (including phenoxy) is 2. The number of aromatic nitrogens is 4. The number of nitrogens with one attached hydrogen (secondary N) is 1. The Labute approximate surface area is 290 Å². The van der Waals surface area contributed by atoms with Crippen molar-refractivity contribution in [2.45, 2.75) is 142 Å². The number of rotatable bonds is 7. The van der Waals surface area contributed by atoms with Crippen molar-refractivity contribution < 1.29 is 32.0 Å². The van der Waals surface area contributed by atoms with Gasteiger partial charge < -0.3 is 27.8 Å². The Morgan fingerprint density at radius 2 is 1.51 bits per heavy atom. The molecule has 47 heavy (non-hydrogen) atoms. The molecular formula is C32H54BrN5O7Si2. The Morgan fingerprint density at radius 3 is 2.02 bits per heavy atom. The van der Waals surface area contributed by atoms with Gasteiger partial charge in [-0.05, 0) is 42.9 Å². The zero-order valence-corrected chi connectivity index (χ0v) is 34.0. The number of carbonyl (C=O) groups is 2. The molecule has 2 saturated heterocycles. The van der Waals surface area contributed by atoms with Gasteiger partial charge in [0.2, 0.25) is 5.91 Å². The van der Waals surface area contributed by atoms with Gasteiger partial charge in [0.25, 0.3) is 0 Å². The van der Waals surface area contributed by atoms with Crippen LogP contribution in [0.25, 0.3) is 11.2 Å². The van der Waals surface area contributed by atoms with Crippen LogP contribution in [0.2, 0.25) is 22.2 Å². The van der Waals surface area contributed by atoms with Gasteiger partial charge in [-0.15, -0.1) is 0 Å². The molecule has 0 saturated carbocycles. The molecule has 2 aliphatic heterocycles. The molecule has 2 aromatic heterocycles. The van der Waals surface area contributed by atoms with E-state index in [0.717, 1.165) is 0 Å². The quantitative estimate of drug-likeness (QED) is 0.177. The van der Waals surface area contributed by atoms with Crippen LogP contribution in [0.3, 0.4) is 0 Å². The van der Waals surface area contributed by atoms with Crippen LogP contribution < -0.4 is 5.32 Å². The summed E-state index contributed by atoms with van der Waals surface area (Å²) in [6.45, 7) is 28.2. The van der Waals surface area contributed by atoms with Crippen molar-refractivity contribution in [2.24, 2.45) is 10.8 Å². The molecule has 1 amide bonds. The maximum absolute atomic E-state index is 13.8. The number of imidazole rings is 1. The molecule has 2 fully saturated rings. The Bertz CT molecular complexity index is 1460. The van der Waals surface area contributed by atoms with Gasteiger partial charge in [0.15, 0.2) is 17.0 Å². The smallest absolute Gasteiger partial charge is 0.335 e. The van der Waals surface area contributed by atoms with E-state index in [0.29, 0.717) is 11.2 Å². The molecular weight excluding hydrogens is 702 g/mol. The summed E-state index contributed by atoms with van der Waals surface area (Å²) in [6.07, 6.45) is 1.59. The van der Waals surface area contributed by atoms with Crippen LogP contribution in [0.4, 0.5) is 5.82 Å². The van der Waals surface area contributed by atoms with Crippen LogP contribution in [-0.4, -0.2) is 72.2 Å². The predicted octanol–water partition coefficient (Wildman–Crippen LogP) is 7.13. The van der Waals surface area contributed by atoms with E-state index in [1.807, 2.05) is 20.8 Å². The van der Waals surface area contributed by atoms with Crippen molar-refractivity contribution in [3.8, 4) is 0 Å². The lowest BCUT2D eigenvalue weighted by molar-refractivity contribution is -0.273. The topological polar surface area (TPSA) is 136 Å². The van der Waals surface area contributed by atoms with Crippen molar-refractivity contribution in [2.75, 3.05) is 11.9 Å². The molecule has 0 aliphatic carbocycles. The van der Waals surface area contributed by atoms with Crippen LogP contribution in [0.1, 0.15) is 96.9 Å². The highest BCUT2D eigenvalue weighted by atomic mass is 79.9. The normalized spacial score (nSPS) is 26.5. The van der Waals surface area contributed by atoms with Crippen LogP contribution >= 0.6 is 15.9 Å². The number of carbonyl (C=O) groups excluding carboxylic acids is 2. The summed E-state index contributed by atoms with van der Waals surface area (Å²) in [5.41, 5.74) is -0.448. The molecule has 1 N–H and O–H groups in total. The maximum atomic E-state index is 13.8. The van der Waals surface area contributed by atoms with Crippen molar-refractivity contribution >= 4 is 61.9 Å². The maximum Gasteiger partial charge on any atom is 0.335 e. The number of halogens is 1. The van der Waals surface area contributed by atoms with Gasteiger partial charge in [0.1, 0.15) is 23.6 Å². The van der Waals surface area contributed by atoms with Crippen molar-refractivity contribution in [3.63, 3.8) is 0 Å². The van der Waals surface area contributed by atoms with Gasteiger partial charge in [-0.25, -0.2) is 19.5 Å². The minimum atomic E-state index is -3.04. The first-order valence-electron chi connectivity index (χ1n) is 16.6. The molecule has 15 heteroatoms. The highest BCUT2D eigenvalue weighted by Gasteiger charge is 2.66. The van der Waals surface area contributed by atoms with Crippen molar-refractivity contribution in [1.29, 1.82) is 0 Å². The van der Waals surface area contributed by atoms with Gasteiger partial charge in [-0.2, -0.15) is 0 Å². The number of amides is 1. The van der Waals surface area contributed by atoms with E-state index in [2.05, 4.69) is 91.6 Å². The average Bonchev–Trinajstić information content (AvgIpc) is 3.47. The monoisotopic (exact) mass is 755 g/mol. The molecule has 2 aromatic rings. The molecule has 4 rings (SSSR count). The molecule has 0 bridgehead atoms. The molecule has 2 aliphatic rings. The summed E-state index contributed by atoms with van der Waals surface area (Å²) in [7, 11) is -5.91. The van der Waals surface area contributed by atoms with E-state index in [4.69, 9.17) is 22.4 Å². The van der Waals surface area contributed by atoms with Crippen molar-refractivity contribution in [1.82, 2.24) is 19.5 Å². The van der Waals surface area contributed by atoms with Gasteiger partial charge >= 0.3 is 29.0 Å². The summed E-state index contributed by atoms with van der Waals surface area (Å²) in [6, 6.07) is 0. The van der Waals surface area contributed by atoms with E-state index in [9.17, 15) is 9.59 Å². The summed E-state index contributed by atoms with van der Waals surface area (Å²) in [5.74, 6) is -2.26. The Balaban J connectivity index is 1.93. The SMILES string of the molecule is CC(C)[Si]1(C(C)C)OC[C@H]2O[C@@](OC(=O)C(C)(C)C)(n3cnc4c(NC(=O)C(C)(C)C)ncnc43)[C@@H](Br)[C@@H]2O[Si](C(C)C)(C(C)C)O1. The zero-order valence-electron chi connectivity index (χ0n) is 30.4. The lowest BCUT2D eigenvalue weighted by Crippen LogP contribution is -2.65. The number of anilines is 1. The van der Waals surface area contributed by atoms with Crippen LogP contribution in [0.15, 0.2) is 12.7 Å². The molecule has 264 valence electrons. The van der Waals surface area contributed by atoms with Crippen LogP contribution in [0.5, 0.6) is 0 Å². The second-order valence-electron chi connectivity index (χ2n) is 16.1. The first kappa shape index (κ1) is 38.1. The lowest BCUT2D eigenvalue weighted by Gasteiger charge is -2.51. The van der Waals surface area contributed by atoms with Crippen LogP contribution in [0, 0.1) is 10.8 Å². The van der Waals surface area contributed by atoms with E-state index in [1.165, 1.54) is 12.7 Å². The first-order valence-corrected chi connectivity index (χ1v) is 21.5. The number of hydrogen-bond acceptors (Lipinski definition) is 10. The second kappa shape index (κ2) is 13.2. The van der Waals surface area contributed by atoms with E-state index >= 15 is 0 Å². The lowest BCUT2D eigenvalue weighted by atomic mass is 9.96. The molecule has 4 atom stereocenters. The van der Waals surface area contributed by atoms with E-state index in [1.54, 1.807) is 25.3 Å². The molecule has 0 radical (unpaired) electrons. The summed E-state index contributed by atoms with van der Waals surface area (Å²) in [5, 5.41) is 2.87. The predicted molar refractivity (Wildman–Crippen MR) is 188 cm³/mol. The fourth-order valence-corrected chi connectivity index (χ4v) is 18.5. The Hall–Kier alpha value is -1.76. The third-order valence-electron chi connectivity index (χ3n) is 9.09. The Morgan fingerprint density at radius 1 is 0.936 bits per heavy atom. The molecule has 0 aromatic carbocycles. The zero-order chi connectivity index (χ0) is 35.5. The fraction of sp³-hybridized carbons (Fsp3) is 0.781. The molecule has 0 unspecified atom stereocenters. The van der Waals surface area contributed by atoms with Gasteiger partial charge in [-0.1, -0.05) is 92.1 Å². The van der Waals surface area contributed by atoms with E-state index in [-0.39, 0.29) is 40.5 Å². The second-order valence-corrected chi connectivity index (χ2v) is 25.9. The number of hydrogen-bond donors (Lipinski definition) is 1. The number of alkyl halides is 1. The molecule has 12 nitrogen and oxygen atoms in total.